The highest BCUT2D eigenvalue weighted by Gasteiger charge is 2.23. The standard InChI is InChI=1S/CH3F3SSi/c2-1(3,4)5-6/h6H3. The molecular formula is CH3F3SSi. The summed E-state index contributed by atoms with van der Waals surface area (Å²) in [6.07, 6.45) is 0. The van der Waals surface area contributed by atoms with Crippen molar-refractivity contribution >= 4 is 20.6 Å². The third kappa shape index (κ3) is 4.36. The van der Waals surface area contributed by atoms with Gasteiger partial charge in [0, 0.05) is 0 Å². The zero-order chi connectivity index (χ0) is 5.21. The van der Waals surface area contributed by atoms with Gasteiger partial charge in [0.2, 0.25) is 0 Å². The van der Waals surface area contributed by atoms with Gasteiger partial charge in [-0.15, -0.1) is 0 Å². The Hall–Kier alpha value is 0.357. The van der Waals surface area contributed by atoms with E-state index in [9.17, 15) is 13.2 Å². The zero-order valence-electron chi connectivity index (χ0n) is 3.04. The van der Waals surface area contributed by atoms with Crippen LogP contribution < -0.4 is 0 Å². The lowest BCUT2D eigenvalue weighted by molar-refractivity contribution is -0.0313. The minimum atomic E-state index is -3.98. The summed E-state index contributed by atoms with van der Waals surface area (Å²) < 4.78 is 32.3. The molecule has 0 aromatic heterocycles. The maximum Gasteiger partial charge on any atom is 0.435 e. The summed E-state index contributed by atoms with van der Waals surface area (Å²) in [6.45, 7) is 0. The molecule has 5 heteroatoms. The second kappa shape index (κ2) is 1.88. The average Bonchev–Trinajstić information content (AvgIpc) is 1.35. The highest BCUT2D eigenvalue weighted by Crippen LogP contribution is 2.25. The van der Waals surface area contributed by atoms with Gasteiger partial charge in [-0.2, -0.15) is 13.2 Å². The average molecular weight is 132 g/mol. The van der Waals surface area contributed by atoms with Crippen molar-refractivity contribution in [3.05, 3.63) is 0 Å². The molecule has 0 rings (SSSR count). The molecule has 0 saturated carbocycles. The van der Waals surface area contributed by atoms with E-state index in [1.807, 2.05) is 0 Å². The van der Waals surface area contributed by atoms with Crippen LogP contribution in [0.3, 0.4) is 0 Å². The van der Waals surface area contributed by atoms with Crippen LogP contribution in [0.25, 0.3) is 0 Å². The molecule has 0 heterocycles. The molecule has 0 aliphatic heterocycles. The Kier molecular flexibility index (Phi) is 1.99. The third-order valence-electron chi connectivity index (χ3n) is 0.231. The number of halogens is 3. The fourth-order valence-electron chi connectivity index (χ4n) is 0. The van der Waals surface area contributed by atoms with Gasteiger partial charge in [-0.05, 0) is 0 Å². The number of alkyl halides is 3. The lowest BCUT2D eigenvalue weighted by Crippen LogP contribution is -1.97. The summed E-state index contributed by atoms with van der Waals surface area (Å²) in [5, 5.41) is 0. The Morgan fingerprint density at radius 3 is 1.50 bits per heavy atom. The van der Waals surface area contributed by atoms with E-state index in [1.165, 1.54) is 0 Å². The van der Waals surface area contributed by atoms with Gasteiger partial charge in [-0.1, -0.05) is 11.2 Å². The van der Waals surface area contributed by atoms with Crippen molar-refractivity contribution in [2.45, 2.75) is 5.51 Å². The highest BCUT2D eigenvalue weighted by atomic mass is 32.4. The van der Waals surface area contributed by atoms with Gasteiger partial charge >= 0.3 is 5.51 Å². The molecule has 6 heavy (non-hydrogen) atoms. The minimum absolute atomic E-state index is 0.0208. The van der Waals surface area contributed by atoms with Crippen LogP contribution in [0.2, 0.25) is 0 Å². The van der Waals surface area contributed by atoms with Crippen molar-refractivity contribution in [2.24, 2.45) is 0 Å². The van der Waals surface area contributed by atoms with Crippen molar-refractivity contribution < 1.29 is 13.2 Å². The second-order valence-corrected chi connectivity index (χ2v) is 2.75. The molecule has 0 fully saturated rings. The Labute approximate surface area is 40.2 Å². The first-order chi connectivity index (χ1) is 2.56. The van der Waals surface area contributed by atoms with Crippen LogP contribution in [-0.2, 0) is 0 Å². The molecule has 38 valence electrons. The number of hydrogen-bond donors (Lipinski definition) is 0. The van der Waals surface area contributed by atoms with Crippen LogP contribution in [-0.4, -0.2) is 14.9 Å². The molecule has 0 aromatic carbocycles. The first-order valence-electron chi connectivity index (χ1n) is 1.18. The quantitative estimate of drug-likeness (QED) is 0.433. The molecule has 0 aromatic rings. The molecule has 0 aliphatic carbocycles. The van der Waals surface area contributed by atoms with Crippen LogP contribution in [0.15, 0.2) is 0 Å². The predicted molar refractivity (Wildman–Crippen MR) is 23.6 cm³/mol. The molecule has 0 radical (unpaired) electrons. The summed E-state index contributed by atoms with van der Waals surface area (Å²) in [5.74, 6) is 0. The molecule has 0 unspecified atom stereocenters. The lowest BCUT2D eigenvalue weighted by atomic mass is 11.6. The van der Waals surface area contributed by atoms with E-state index < -0.39 is 5.51 Å². The Balaban J connectivity index is 3.17. The molecule has 0 N–H and O–H groups in total. The number of hydrogen-bond acceptors (Lipinski definition) is 1. The molecule has 0 saturated heterocycles. The Bertz CT molecular complexity index is 40.5. The molecular weight excluding hydrogens is 129 g/mol. The van der Waals surface area contributed by atoms with Gasteiger partial charge in [0.15, 0.2) is 0 Å². The van der Waals surface area contributed by atoms with Gasteiger partial charge in [-0.25, -0.2) is 0 Å². The van der Waals surface area contributed by atoms with E-state index in [-0.39, 0.29) is 20.6 Å². The Morgan fingerprint density at radius 2 is 1.50 bits per heavy atom. The van der Waals surface area contributed by atoms with Gasteiger partial charge < -0.3 is 0 Å². The molecule has 0 spiro atoms. The maximum absolute atomic E-state index is 10.8. The van der Waals surface area contributed by atoms with Crippen LogP contribution in [0, 0.1) is 0 Å². The maximum atomic E-state index is 10.8. The first-order valence-corrected chi connectivity index (χ1v) is 4.85. The molecule has 0 atom stereocenters. The summed E-state index contributed by atoms with van der Waals surface area (Å²) in [5.41, 5.74) is -3.98. The van der Waals surface area contributed by atoms with Crippen LogP contribution in [0.5, 0.6) is 0 Å². The van der Waals surface area contributed by atoms with Gasteiger partial charge in [0.05, 0.1) is 9.39 Å². The topological polar surface area (TPSA) is 0 Å². The SMILES string of the molecule is FC(F)(F)S[SiH3]. The summed E-state index contributed by atoms with van der Waals surface area (Å²) in [4.78, 5) is 0. The van der Waals surface area contributed by atoms with E-state index in [0.717, 1.165) is 0 Å². The van der Waals surface area contributed by atoms with E-state index in [2.05, 4.69) is 0 Å². The molecule has 0 bridgehead atoms. The Morgan fingerprint density at radius 1 is 1.33 bits per heavy atom. The summed E-state index contributed by atoms with van der Waals surface area (Å²) in [6, 6.07) is 0. The summed E-state index contributed by atoms with van der Waals surface area (Å²) in [7, 11) is 0.140. The van der Waals surface area contributed by atoms with Crippen molar-refractivity contribution in [1.82, 2.24) is 0 Å². The first kappa shape index (κ1) is 6.36. The highest BCUT2D eigenvalue weighted by molar-refractivity contribution is 8.20. The fraction of sp³-hybridized carbons (Fsp3) is 1.00. The van der Waals surface area contributed by atoms with E-state index in [0.29, 0.717) is 0 Å². The zero-order valence-corrected chi connectivity index (χ0v) is 5.86. The van der Waals surface area contributed by atoms with Gasteiger partial charge in [0.1, 0.15) is 0 Å². The van der Waals surface area contributed by atoms with Crippen LogP contribution in [0.1, 0.15) is 0 Å². The fourth-order valence-corrected chi connectivity index (χ4v) is 0. The number of rotatable bonds is 0. The van der Waals surface area contributed by atoms with Crippen LogP contribution in [0.4, 0.5) is 13.2 Å². The van der Waals surface area contributed by atoms with Crippen molar-refractivity contribution in [3.8, 4) is 0 Å². The van der Waals surface area contributed by atoms with Crippen LogP contribution >= 0.6 is 11.2 Å². The van der Waals surface area contributed by atoms with Crippen molar-refractivity contribution in [2.75, 3.05) is 0 Å². The third-order valence-corrected chi connectivity index (χ3v) is 2.08. The van der Waals surface area contributed by atoms with E-state index in [4.69, 9.17) is 0 Å². The largest absolute Gasteiger partial charge is 0.435 e. The lowest BCUT2D eigenvalue weighted by Gasteiger charge is -1.96. The molecule has 0 nitrogen and oxygen atoms in total. The molecule has 0 amide bonds. The van der Waals surface area contributed by atoms with Crippen molar-refractivity contribution in [3.63, 3.8) is 0 Å². The predicted octanol–water partition coefficient (Wildman–Crippen LogP) is 0.520. The molecule has 0 aliphatic rings. The smallest absolute Gasteiger partial charge is 0.161 e. The second-order valence-electron chi connectivity index (χ2n) is 0.650. The monoisotopic (exact) mass is 132 g/mol. The minimum Gasteiger partial charge on any atom is -0.161 e. The van der Waals surface area contributed by atoms with Gasteiger partial charge in [0.25, 0.3) is 0 Å². The van der Waals surface area contributed by atoms with Crippen molar-refractivity contribution in [1.29, 1.82) is 0 Å². The summed E-state index contributed by atoms with van der Waals surface area (Å²) >= 11 is 0.0208. The van der Waals surface area contributed by atoms with E-state index >= 15 is 0 Å². The normalized spacial score (nSPS) is 12.5. The van der Waals surface area contributed by atoms with Gasteiger partial charge in [-0.3, -0.25) is 0 Å². The van der Waals surface area contributed by atoms with E-state index in [1.54, 1.807) is 0 Å².